The van der Waals surface area contributed by atoms with E-state index in [1.807, 2.05) is 19.1 Å². The number of carbonyl (C=O) groups is 2. The highest BCUT2D eigenvalue weighted by Gasteiger charge is 2.22. The number of fused-ring (bicyclic) bond motifs is 1. The van der Waals surface area contributed by atoms with Crippen LogP contribution in [0.5, 0.6) is 11.5 Å². The highest BCUT2D eigenvalue weighted by molar-refractivity contribution is 6.32. The number of amides is 1. The number of esters is 1. The largest absolute Gasteiger partial charge is 0.454 e. The molecule has 3 rings (SSSR count). The van der Waals surface area contributed by atoms with Gasteiger partial charge in [0.25, 0.3) is 5.91 Å². The van der Waals surface area contributed by atoms with E-state index in [0.717, 1.165) is 5.56 Å². The molecule has 2 aromatic rings. The summed E-state index contributed by atoms with van der Waals surface area (Å²) in [7, 11) is 0. The van der Waals surface area contributed by atoms with Crippen LogP contribution in [0, 0.1) is 0 Å². The van der Waals surface area contributed by atoms with Gasteiger partial charge in [0, 0.05) is 5.02 Å². The second kappa shape index (κ2) is 7.85. The number of hydrogen-bond acceptors (Lipinski definition) is 5. The first kappa shape index (κ1) is 18.4. The fourth-order valence-corrected chi connectivity index (χ4v) is 2.81. The summed E-state index contributed by atoms with van der Waals surface area (Å²) in [5, 5.41) is 3.60. The first-order valence-corrected chi connectivity index (χ1v) is 8.50. The molecule has 0 saturated heterocycles. The Hall–Kier alpha value is -2.44. The Kier molecular flexibility index (Phi) is 5.54. The number of ether oxygens (including phenoxy) is 3. The van der Waals surface area contributed by atoms with Crippen LogP contribution in [0.4, 0.5) is 0 Å². The van der Waals surface area contributed by atoms with Crippen LogP contribution in [0.3, 0.4) is 0 Å². The number of hydrogen-bond donors (Lipinski definition) is 1. The molecule has 6 nitrogen and oxygen atoms in total. The van der Waals surface area contributed by atoms with Gasteiger partial charge in [-0.2, -0.15) is 0 Å². The second-order valence-electron chi connectivity index (χ2n) is 5.61. The topological polar surface area (TPSA) is 73.9 Å². The van der Waals surface area contributed by atoms with Crippen molar-refractivity contribution in [2.75, 3.05) is 13.4 Å². The lowest BCUT2D eigenvalue weighted by molar-refractivity contribution is -0.124. The summed E-state index contributed by atoms with van der Waals surface area (Å²) < 4.78 is 15.4. The standard InChI is InChI=1S/C18H15Cl2NO5/c1-10(11-2-4-13(19)5-3-11)21-16(22)8-24-18(23)12-6-14(20)17-15(7-12)25-9-26-17/h2-7,10H,8-9H2,1H3,(H,21,22). The van der Waals surface area contributed by atoms with Crippen molar-refractivity contribution in [1.29, 1.82) is 0 Å². The maximum atomic E-state index is 12.1. The van der Waals surface area contributed by atoms with Crippen LogP contribution in [0.15, 0.2) is 36.4 Å². The highest BCUT2D eigenvalue weighted by atomic mass is 35.5. The van der Waals surface area contributed by atoms with Crippen molar-refractivity contribution >= 4 is 35.1 Å². The van der Waals surface area contributed by atoms with Crippen molar-refractivity contribution in [2.24, 2.45) is 0 Å². The molecule has 0 bridgehead atoms. The van der Waals surface area contributed by atoms with Crippen molar-refractivity contribution in [3.63, 3.8) is 0 Å². The van der Waals surface area contributed by atoms with Crippen LogP contribution in [-0.2, 0) is 9.53 Å². The molecule has 0 radical (unpaired) electrons. The lowest BCUT2D eigenvalue weighted by Crippen LogP contribution is -2.31. The monoisotopic (exact) mass is 395 g/mol. The van der Waals surface area contributed by atoms with Gasteiger partial charge in [-0.3, -0.25) is 4.79 Å². The molecule has 1 unspecified atom stereocenters. The van der Waals surface area contributed by atoms with Gasteiger partial charge in [0.05, 0.1) is 16.6 Å². The van der Waals surface area contributed by atoms with E-state index in [9.17, 15) is 9.59 Å². The first-order valence-electron chi connectivity index (χ1n) is 7.75. The fraction of sp³-hybridized carbons (Fsp3) is 0.222. The van der Waals surface area contributed by atoms with E-state index >= 15 is 0 Å². The molecule has 26 heavy (non-hydrogen) atoms. The number of halogens is 2. The number of nitrogens with one attached hydrogen (secondary N) is 1. The second-order valence-corrected chi connectivity index (χ2v) is 6.45. The predicted octanol–water partition coefficient (Wildman–Crippen LogP) is 3.76. The molecular formula is C18H15Cl2NO5. The van der Waals surface area contributed by atoms with Crippen molar-refractivity contribution in [3.8, 4) is 11.5 Å². The third kappa shape index (κ3) is 4.20. The maximum absolute atomic E-state index is 12.1. The van der Waals surface area contributed by atoms with Gasteiger partial charge in [0.15, 0.2) is 18.1 Å². The van der Waals surface area contributed by atoms with Gasteiger partial charge in [-0.05, 0) is 36.8 Å². The highest BCUT2D eigenvalue weighted by Crippen LogP contribution is 2.39. The smallest absolute Gasteiger partial charge is 0.338 e. The van der Waals surface area contributed by atoms with Crippen molar-refractivity contribution < 1.29 is 23.8 Å². The van der Waals surface area contributed by atoms with Crippen LogP contribution in [0.1, 0.15) is 28.9 Å². The van der Waals surface area contributed by atoms with Crippen LogP contribution < -0.4 is 14.8 Å². The summed E-state index contributed by atoms with van der Waals surface area (Å²) in [6.45, 7) is 1.45. The molecule has 8 heteroatoms. The Morgan fingerprint density at radius 2 is 1.92 bits per heavy atom. The van der Waals surface area contributed by atoms with Crippen LogP contribution >= 0.6 is 23.2 Å². The Labute approximate surface area is 159 Å². The van der Waals surface area contributed by atoms with E-state index in [2.05, 4.69) is 5.32 Å². The molecule has 0 fully saturated rings. The van der Waals surface area contributed by atoms with Gasteiger partial charge in [-0.1, -0.05) is 35.3 Å². The maximum Gasteiger partial charge on any atom is 0.338 e. The minimum atomic E-state index is -0.681. The molecule has 136 valence electrons. The van der Waals surface area contributed by atoms with E-state index in [1.54, 1.807) is 12.1 Å². The molecule has 1 N–H and O–H groups in total. The number of rotatable bonds is 5. The third-order valence-corrected chi connectivity index (χ3v) is 4.28. The van der Waals surface area contributed by atoms with Crippen molar-refractivity contribution in [2.45, 2.75) is 13.0 Å². The lowest BCUT2D eigenvalue weighted by Gasteiger charge is -2.14. The summed E-state index contributed by atoms with van der Waals surface area (Å²) in [5.74, 6) is -0.352. The van der Waals surface area contributed by atoms with E-state index in [1.165, 1.54) is 12.1 Å². The van der Waals surface area contributed by atoms with E-state index in [4.69, 9.17) is 37.4 Å². The lowest BCUT2D eigenvalue weighted by atomic mass is 10.1. The van der Waals surface area contributed by atoms with Gasteiger partial charge in [0.1, 0.15) is 0 Å². The molecule has 1 aliphatic rings. The summed E-state index contributed by atoms with van der Waals surface area (Å²) in [6.07, 6.45) is 0. The fourth-order valence-electron chi connectivity index (χ4n) is 2.42. The minimum Gasteiger partial charge on any atom is -0.454 e. The SMILES string of the molecule is CC(NC(=O)COC(=O)c1cc(Cl)c2c(c1)OCO2)c1ccc(Cl)cc1. The van der Waals surface area contributed by atoms with Crippen LogP contribution in [0.25, 0.3) is 0 Å². The first-order chi connectivity index (χ1) is 12.4. The van der Waals surface area contributed by atoms with Gasteiger partial charge >= 0.3 is 5.97 Å². The Bertz CT molecular complexity index is 838. The summed E-state index contributed by atoms with van der Waals surface area (Å²) in [4.78, 5) is 24.1. The summed E-state index contributed by atoms with van der Waals surface area (Å²) in [6, 6.07) is 9.72. The number of benzene rings is 2. The molecule has 0 saturated carbocycles. The summed E-state index contributed by atoms with van der Waals surface area (Å²) in [5.41, 5.74) is 1.06. The molecule has 0 aliphatic carbocycles. The zero-order chi connectivity index (χ0) is 18.7. The molecule has 0 spiro atoms. The molecule has 1 aliphatic heterocycles. The molecular weight excluding hydrogens is 381 g/mol. The third-order valence-electron chi connectivity index (χ3n) is 3.74. The predicted molar refractivity (Wildman–Crippen MR) is 95.9 cm³/mol. The normalized spacial score (nSPS) is 13.2. The van der Waals surface area contributed by atoms with Gasteiger partial charge in [-0.15, -0.1) is 0 Å². The Morgan fingerprint density at radius 3 is 2.65 bits per heavy atom. The van der Waals surface area contributed by atoms with Crippen LogP contribution in [0.2, 0.25) is 10.0 Å². The molecule has 0 aromatic heterocycles. The van der Waals surface area contributed by atoms with E-state index in [-0.39, 0.29) is 23.4 Å². The molecule has 2 aromatic carbocycles. The average Bonchev–Trinajstić information content (AvgIpc) is 3.09. The van der Waals surface area contributed by atoms with Crippen molar-refractivity contribution in [1.82, 2.24) is 5.32 Å². The van der Waals surface area contributed by atoms with Gasteiger partial charge in [-0.25, -0.2) is 4.79 Å². The zero-order valence-corrected chi connectivity index (χ0v) is 15.3. The van der Waals surface area contributed by atoms with E-state index in [0.29, 0.717) is 16.5 Å². The average molecular weight is 396 g/mol. The van der Waals surface area contributed by atoms with Crippen LogP contribution in [-0.4, -0.2) is 25.3 Å². The number of carbonyl (C=O) groups excluding carboxylic acids is 2. The summed E-state index contributed by atoms with van der Waals surface area (Å²) >= 11 is 11.9. The minimum absolute atomic E-state index is 0.0402. The molecule has 1 amide bonds. The van der Waals surface area contributed by atoms with Gasteiger partial charge in [0.2, 0.25) is 6.79 Å². The van der Waals surface area contributed by atoms with Crippen molar-refractivity contribution in [3.05, 3.63) is 57.6 Å². The molecule has 1 atom stereocenters. The quantitative estimate of drug-likeness (QED) is 0.780. The molecule has 1 heterocycles. The Balaban J connectivity index is 1.55. The zero-order valence-electron chi connectivity index (χ0n) is 13.8. The van der Waals surface area contributed by atoms with Gasteiger partial charge < -0.3 is 19.5 Å². The Morgan fingerprint density at radius 1 is 1.19 bits per heavy atom. The van der Waals surface area contributed by atoms with E-state index < -0.39 is 18.5 Å².